The predicted molar refractivity (Wildman–Crippen MR) is 74.1 cm³/mol. The molecule has 0 aliphatic heterocycles. The smallest absolute Gasteiger partial charge is 0.0739 e. The van der Waals surface area contributed by atoms with E-state index in [0.717, 1.165) is 22.2 Å². The number of aryl methyl sites for hydroxylation is 1. The molecule has 0 amide bonds. The van der Waals surface area contributed by atoms with E-state index in [0.29, 0.717) is 5.69 Å². The lowest BCUT2D eigenvalue weighted by Crippen LogP contribution is -1.93. The van der Waals surface area contributed by atoms with Gasteiger partial charge in [0.25, 0.3) is 0 Å². The van der Waals surface area contributed by atoms with Crippen LogP contribution in [0.25, 0.3) is 22.0 Å². The van der Waals surface area contributed by atoms with Crippen molar-refractivity contribution in [1.82, 2.24) is 9.97 Å². The minimum Gasteiger partial charge on any atom is -0.397 e. The van der Waals surface area contributed by atoms with E-state index in [1.807, 2.05) is 31.3 Å². The van der Waals surface area contributed by atoms with Crippen molar-refractivity contribution in [3.05, 3.63) is 54.5 Å². The minimum absolute atomic E-state index is 0.689. The van der Waals surface area contributed by atoms with Gasteiger partial charge >= 0.3 is 0 Å². The van der Waals surface area contributed by atoms with Crippen LogP contribution in [0, 0.1) is 6.92 Å². The number of nitrogen functional groups attached to an aromatic ring is 1. The number of hydrogen-bond donors (Lipinski definition) is 1. The zero-order valence-corrected chi connectivity index (χ0v) is 10.1. The number of aromatic nitrogens is 2. The summed E-state index contributed by atoms with van der Waals surface area (Å²) in [5.41, 5.74) is 9.56. The van der Waals surface area contributed by atoms with Gasteiger partial charge in [0.1, 0.15) is 0 Å². The van der Waals surface area contributed by atoms with Gasteiger partial charge in [-0.3, -0.25) is 9.97 Å². The number of anilines is 1. The fourth-order valence-corrected chi connectivity index (χ4v) is 2.20. The summed E-state index contributed by atoms with van der Waals surface area (Å²) in [6.45, 7) is 2.02. The monoisotopic (exact) mass is 235 g/mol. The Bertz CT molecular complexity index is 715. The topological polar surface area (TPSA) is 51.8 Å². The second kappa shape index (κ2) is 4.11. The molecule has 0 aliphatic carbocycles. The van der Waals surface area contributed by atoms with Gasteiger partial charge in [0.15, 0.2) is 0 Å². The third kappa shape index (κ3) is 1.70. The molecule has 0 spiro atoms. The zero-order valence-electron chi connectivity index (χ0n) is 10.1. The number of benzene rings is 1. The SMILES string of the molecule is Cc1cc(N)cnc1-c1cccc2ccncc12. The molecule has 0 bridgehead atoms. The van der Waals surface area contributed by atoms with Crippen LogP contribution >= 0.6 is 0 Å². The molecular weight excluding hydrogens is 222 g/mol. The number of nitrogens with zero attached hydrogens (tertiary/aromatic N) is 2. The van der Waals surface area contributed by atoms with E-state index < -0.39 is 0 Å². The van der Waals surface area contributed by atoms with E-state index in [9.17, 15) is 0 Å². The summed E-state index contributed by atoms with van der Waals surface area (Å²) in [5, 5.41) is 2.28. The number of pyridine rings is 2. The number of hydrogen-bond acceptors (Lipinski definition) is 3. The molecule has 3 aromatic rings. The molecule has 0 radical (unpaired) electrons. The van der Waals surface area contributed by atoms with E-state index in [1.54, 1.807) is 12.4 Å². The van der Waals surface area contributed by atoms with Gasteiger partial charge in [0, 0.05) is 23.3 Å². The molecule has 88 valence electrons. The molecule has 0 atom stereocenters. The Balaban J connectivity index is 2.31. The molecule has 1 aromatic carbocycles. The van der Waals surface area contributed by atoms with Gasteiger partial charge in [-0.05, 0) is 30.0 Å². The van der Waals surface area contributed by atoms with Gasteiger partial charge in [-0.25, -0.2) is 0 Å². The van der Waals surface area contributed by atoms with Crippen LogP contribution in [-0.4, -0.2) is 9.97 Å². The quantitative estimate of drug-likeness (QED) is 0.704. The van der Waals surface area contributed by atoms with Crippen molar-refractivity contribution in [2.75, 3.05) is 5.73 Å². The Morgan fingerprint density at radius 1 is 1.11 bits per heavy atom. The van der Waals surface area contributed by atoms with Crippen LogP contribution in [-0.2, 0) is 0 Å². The number of nitrogens with two attached hydrogens (primary N) is 1. The highest BCUT2D eigenvalue weighted by atomic mass is 14.7. The van der Waals surface area contributed by atoms with Gasteiger partial charge < -0.3 is 5.73 Å². The first kappa shape index (κ1) is 10.7. The zero-order chi connectivity index (χ0) is 12.5. The Hall–Kier alpha value is -2.42. The van der Waals surface area contributed by atoms with E-state index >= 15 is 0 Å². The second-order valence-corrected chi connectivity index (χ2v) is 4.34. The molecule has 0 aliphatic rings. The molecule has 0 fully saturated rings. The van der Waals surface area contributed by atoms with Crippen molar-refractivity contribution in [3.8, 4) is 11.3 Å². The summed E-state index contributed by atoms with van der Waals surface area (Å²) in [6.07, 6.45) is 5.37. The van der Waals surface area contributed by atoms with E-state index in [-0.39, 0.29) is 0 Å². The highest BCUT2D eigenvalue weighted by Crippen LogP contribution is 2.29. The third-order valence-electron chi connectivity index (χ3n) is 3.04. The van der Waals surface area contributed by atoms with Crippen molar-refractivity contribution in [2.45, 2.75) is 6.92 Å². The van der Waals surface area contributed by atoms with Crippen molar-refractivity contribution < 1.29 is 0 Å². The molecule has 3 heteroatoms. The lowest BCUT2D eigenvalue weighted by molar-refractivity contribution is 1.27. The Morgan fingerprint density at radius 3 is 2.83 bits per heavy atom. The molecule has 2 N–H and O–H groups in total. The van der Waals surface area contributed by atoms with Crippen LogP contribution < -0.4 is 5.73 Å². The maximum Gasteiger partial charge on any atom is 0.0739 e. The first-order valence-electron chi connectivity index (χ1n) is 5.81. The molecule has 3 nitrogen and oxygen atoms in total. The average Bonchev–Trinajstić information content (AvgIpc) is 2.38. The summed E-state index contributed by atoms with van der Waals surface area (Å²) in [6, 6.07) is 10.1. The highest BCUT2D eigenvalue weighted by molar-refractivity contribution is 5.95. The molecule has 2 aromatic heterocycles. The fourth-order valence-electron chi connectivity index (χ4n) is 2.20. The number of rotatable bonds is 1. The molecule has 0 saturated carbocycles. The van der Waals surface area contributed by atoms with Gasteiger partial charge in [-0.15, -0.1) is 0 Å². The standard InChI is InChI=1S/C15H13N3/c1-10-7-12(16)8-18-15(10)13-4-2-3-11-5-6-17-9-14(11)13/h2-9H,16H2,1H3. The lowest BCUT2D eigenvalue weighted by atomic mass is 10.0. The Kier molecular flexibility index (Phi) is 2.45. The molecule has 3 rings (SSSR count). The highest BCUT2D eigenvalue weighted by Gasteiger charge is 2.07. The van der Waals surface area contributed by atoms with E-state index in [1.165, 1.54) is 5.39 Å². The van der Waals surface area contributed by atoms with Gasteiger partial charge in [-0.1, -0.05) is 18.2 Å². The number of fused-ring (bicyclic) bond motifs is 1. The van der Waals surface area contributed by atoms with Gasteiger partial charge in [0.2, 0.25) is 0 Å². The summed E-state index contributed by atoms with van der Waals surface area (Å²) >= 11 is 0. The molecule has 2 heterocycles. The summed E-state index contributed by atoms with van der Waals surface area (Å²) in [4.78, 5) is 8.64. The summed E-state index contributed by atoms with van der Waals surface area (Å²) in [5.74, 6) is 0. The molecular formula is C15H13N3. The minimum atomic E-state index is 0.689. The van der Waals surface area contributed by atoms with Crippen LogP contribution in [0.4, 0.5) is 5.69 Å². The first-order valence-corrected chi connectivity index (χ1v) is 5.81. The van der Waals surface area contributed by atoms with E-state index in [2.05, 4.69) is 22.1 Å². The second-order valence-electron chi connectivity index (χ2n) is 4.34. The van der Waals surface area contributed by atoms with Crippen LogP contribution in [0.15, 0.2) is 48.9 Å². The van der Waals surface area contributed by atoms with Crippen LogP contribution in [0.1, 0.15) is 5.56 Å². The van der Waals surface area contributed by atoms with Crippen molar-refractivity contribution in [3.63, 3.8) is 0 Å². The van der Waals surface area contributed by atoms with Crippen molar-refractivity contribution in [1.29, 1.82) is 0 Å². The first-order chi connectivity index (χ1) is 8.75. The molecule has 0 unspecified atom stereocenters. The van der Waals surface area contributed by atoms with Crippen molar-refractivity contribution >= 4 is 16.5 Å². The van der Waals surface area contributed by atoms with Crippen LogP contribution in [0.3, 0.4) is 0 Å². The molecule has 0 saturated heterocycles. The van der Waals surface area contributed by atoms with E-state index in [4.69, 9.17) is 5.73 Å². The maximum atomic E-state index is 5.74. The van der Waals surface area contributed by atoms with Gasteiger partial charge in [0.05, 0.1) is 17.6 Å². The largest absolute Gasteiger partial charge is 0.397 e. The van der Waals surface area contributed by atoms with Crippen molar-refractivity contribution in [2.24, 2.45) is 0 Å². The summed E-state index contributed by atoms with van der Waals surface area (Å²) in [7, 11) is 0. The summed E-state index contributed by atoms with van der Waals surface area (Å²) < 4.78 is 0. The maximum absolute atomic E-state index is 5.74. The average molecular weight is 235 g/mol. The van der Waals surface area contributed by atoms with Crippen LogP contribution in [0.2, 0.25) is 0 Å². The fraction of sp³-hybridized carbons (Fsp3) is 0.0667. The molecule has 18 heavy (non-hydrogen) atoms. The predicted octanol–water partition coefficient (Wildman–Crippen LogP) is 3.19. The third-order valence-corrected chi connectivity index (χ3v) is 3.04. The Morgan fingerprint density at radius 2 is 2.00 bits per heavy atom. The van der Waals surface area contributed by atoms with Gasteiger partial charge in [-0.2, -0.15) is 0 Å². The normalized spacial score (nSPS) is 10.7. The van der Waals surface area contributed by atoms with Crippen LogP contribution in [0.5, 0.6) is 0 Å². The Labute approximate surface area is 105 Å². The lowest BCUT2D eigenvalue weighted by Gasteiger charge is -2.08.